The van der Waals surface area contributed by atoms with Crippen LogP contribution in [0, 0.1) is 26.7 Å². The third-order valence-corrected chi connectivity index (χ3v) is 8.35. The average molecular weight is 461 g/mol. The first-order valence-corrected chi connectivity index (χ1v) is 12.3. The second-order valence-electron chi connectivity index (χ2n) is 7.65. The van der Waals surface area contributed by atoms with Gasteiger partial charge in [0, 0.05) is 35.6 Å². The molecule has 1 aliphatic rings. The molecule has 3 heterocycles. The van der Waals surface area contributed by atoms with Crippen molar-refractivity contribution in [1.29, 1.82) is 0 Å². The summed E-state index contributed by atoms with van der Waals surface area (Å²) in [4.78, 5) is 17.4. The Morgan fingerprint density at radius 3 is 2.58 bits per heavy atom. The van der Waals surface area contributed by atoms with Crippen LogP contribution >= 0.6 is 11.3 Å². The van der Waals surface area contributed by atoms with Crippen LogP contribution in [0.15, 0.2) is 39.1 Å². The van der Waals surface area contributed by atoms with Crippen molar-refractivity contribution in [3.8, 4) is 11.3 Å². The Balaban J connectivity index is 1.40. The zero-order valence-corrected chi connectivity index (χ0v) is 19.2. The van der Waals surface area contributed by atoms with E-state index in [1.165, 1.54) is 4.31 Å². The maximum atomic E-state index is 13.0. The topological polar surface area (TPSA) is 105 Å². The molecule has 0 saturated carbocycles. The van der Waals surface area contributed by atoms with Gasteiger partial charge in [0.05, 0.1) is 10.7 Å². The van der Waals surface area contributed by atoms with Gasteiger partial charge in [0.15, 0.2) is 5.76 Å². The van der Waals surface area contributed by atoms with Crippen LogP contribution in [-0.2, 0) is 14.8 Å². The van der Waals surface area contributed by atoms with Gasteiger partial charge in [0.2, 0.25) is 15.9 Å². The predicted octanol–water partition coefficient (Wildman–Crippen LogP) is 3.76. The lowest BCUT2D eigenvalue weighted by Crippen LogP contribution is -2.41. The van der Waals surface area contributed by atoms with Crippen molar-refractivity contribution >= 4 is 33.0 Å². The van der Waals surface area contributed by atoms with E-state index in [9.17, 15) is 13.2 Å². The Hall–Kier alpha value is -2.56. The Kier molecular flexibility index (Phi) is 5.96. The highest BCUT2D eigenvalue weighted by Gasteiger charge is 2.35. The van der Waals surface area contributed by atoms with E-state index < -0.39 is 10.0 Å². The third-order valence-electron chi connectivity index (χ3n) is 5.44. The second kappa shape index (κ2) is 8.52. The normalized spacial score (nSPS) is 15.8. The number of benzene rings is 1. The third kappa shape index (κ3) is 4.41. The molecule has 0 bridgehead atoms. The molecule has 3 aromatic rings. The molecule has 1 aliphatic heterocycles. The van der Waals surface area contributed by atoms with E-state index in [-0.39, 0.29) is 35.6 Å². The number of rotatable bonds is 5. The van der Waals surface area contributed by atoms with Gasteiger partial charge >= 0.3 is 0 Å². The molecule has 10 heteroatoms. The van der Waals surface area contributed by atoms with Gasteiger partial charge in [-0.1, -0.05) is 17.3 Å². The summed E-state index contributed by atoms with van der Waals surface area (Å²) in [5, 5.41) is 9.70. The Morgan fingerprint density at radius 2 is 1.97 bits per heavy atom. The average Bonchev–Trinajstić information content (AvgIpc) is 3.33. The van der Waals surface area contributed by atoms with Crippen molar-refractivity contribution in [2.45, 2.75) is 38.5 Å². The van der Waals surface area contributed by atoms with Crippen molar-refractivity contribution in [2.24, 2.45) is 5.92 Å². The van der Waals surface area contributed by atoms with Crippen molar-refractivity contribution in [3.63, 3.8) is 0 Å². The van der Waals surface area contributed by atoms with Gasteiger partial charge in [-0.15, -0.1) is 11.3 Å². The van der Waals surface area contributed by atoms with Gasteiger partial charge in [-0.2, -0.15) is 4.31 Å². The zero-order chi connectivity index (χ0) is 22.2. The maximum Gasteiger partial charge on any atom is 0.248 e. The number of sulfonamides is 1. The smallest absolute Gasteiger partial charge is 0.248 e. The Labute approximate surface area is 185 Å². The van der Waals surface area contributed by atoms with Crippen molar-refractivity contribution in [2.75, 3.05) is 18.4 Å². The minimum atomic E-state index is -3.68. The first-order valence-electron chi connectivity index (χ1n) is 10.0. The zero-order valence-electron chi connectivity index (χ0n) is 17.6. The molecule has 1 fully saturated rings. The highest BCUT2D eigenvalue weighted by atomic mass is 32.2. The molecule has 164 valence electrons. The quantitative estimate of drug-likeness (QED) is 0.621. The number of hydrogen-bond acceptors (Lipinski definition) is 7. The number of carbonyl (C=O) groups is 1. The molecule has 0 atom stereocenters. The number of amides is 1. The number of thiazole rings is 1. The van der Waals surface area contributed by atoms with E-state index in [1.807, 2.05) is 36.6 Å². The van der Waals surface area contributed by atoms with Crippen LogP contribution in [0.1, 0.15) is 29.3 Å². The lowest BCUT2D eigenvalue weighted by Gasteiger charge is -2.30. The van der Waals surface area contributed by atoms with Gasteiger partial charge in [0.1, 0.15) is 10.6 Å². The van der Waals surface area contributed by atoms with E-state index in [4.69, 9.17) is 4.52 Å². The van der Waals surface area contributed by atoms with Crippen LogP contribution in [0.5, 0.6) is 0 Å². The predicted molar refractivity (Wildman–Crippen MR) is 118 cm³/mol. The van der Waals surface area contributed by atoms with Gasteiger partial charge in [-0.3, -0.25) is 4.79 Å². The van der Waals surface area contributed by atoms with E-state index in [2.05, 4.69) is 15.5 Å². The summed E-state index contributed by atoms with van der Waals surface area (Å²) >= 11 is 1.58. The molecule has 1 N–H and O–H groups in total. The molecule has 0 aliphatic carbocycles. The molecular weight excluding hydrogens is 436 g/mol. The number of hydrogen-bond donors (Lipinski definition) is 1. The fraction of sp³-hybridized carbons (Fsp3) is 0.381. The second-order valence-corrected chi connectivity index (χ2v) is 10.6. The van der Waals surface area contributed by atoms with E-state index in [0.717, 1.165) is 16.3 Å². The Bertz CT molecular complexity index is 1190. The summed E-state index contributed by atoms with van der Waals surface area (Å²) in [6.07, 6.45) is 0.915. The lowest BCUT2D eigenvalue weighted by molar-refractivity contribution is -0.120. The molecule has 31 heavy (non-hydrogen) atoms. The summed E-state index contributed by atoms with van der Waals surface area (Å²) in [6, 6.07) is 7.60. The molecule has 0 spiro atoms. The van der Waals surface area contributed by atoms with Gasteiger partial charge < -0.3 is 9.84 Å². The first kappa shape index (κ1) is 21.7. The SMILES string of the molecule is Cc1nc(-c2cccc(NC(=O)C3CCN(S(=O)(=O)c4c(C)noc4C)CC3)c2)cs1. The number of nitrogens with one attached hydrogen (secondary N) is 1. The minimum absolute atomic E-state index is 0.0963. The molecule has 4 rings (SSSR count). The number of aryl methyl sites for hydroxylation is 3. The molecule has 2 aromatic heterocycles. The van der Waals surface area contributed by atoms with Crippen LogP contribution in [-0.4, -0.2) is 41.9 Å². The first-order chi connectivity index (χ1) is 14.8. The van der Waals surface area contributed by atoms with Crippen molar-refractivity contribution < 1.29 is 17.7 Å². The molecule has 8 nitrogen and oxygen atoms in total. The molecule has 0 radical (unpaired) electrons. The number of nitrogens with zero attached hydrogens (tertiary/aromatic N) is 3. The van der Waals surface area contributed by atoms with Gasteiger partial charge in [-0.05, 0) is 45.7 Å². The monoisotopic (exact) mass is 460 g/mol. The Morgan fingerprint density at radius 1 is 1.23 bits per heavy atom. The maximum absolute atomic E-state index is 13.0. The highest BCUT2D eigenvalue weighted by Crippen LogP contribution is 2.29. The summed E-state index contributed by atoms with van der Waals surface area (Å²) in [7, 11) is -3.68. The summed E-state index contributed by atoms with van der Waals surface area (Å²) in [5.41, 5.74) is 2.89. The molecular formula is C21H24N4O4S2. The van der Waals surface area contributed by atoms with Crippen molar-refractivity contribution in [3.05, 3.63) is 46.1 Å². The summed E-state index contributed by atoms with van der Waals surface area (Å²) in [5.74, 6) is -0.0603. The molecule has 1 saturated heterocycles. The standard InChI is InChI=1S/C21H24N4O4S2/c1-13-20(14(2)29-24-13)31(27,28)25-9-7-16(8-10-25)21(26)23-18-6-4-5-17(11-18)19-12-30-15(3)22-19/h4-6,11-12,16H,7-10H2,1-3H3,(H,23,26). The number of piperidine rings is 1. The highest BCUT2D eigenvalue weighted by molar-refractivity contribution is 7.89. The fourth-order valence-corrected chi connectivity index (χ4v) is 6.21. The largest absolute Gasteiger partial charge is 0.360 e. The van der Waals surface area contributed by atoms with Crippen LogP contribution in [0.2, 0.25) is 0 Å². The van der Waals surface area contributed by atoms with E-state index in [0.29, 0.717) is 24.2 Å². The number of carbonyl (C=O) groups excluding carboxylic acids is 1. The van der Waals surface area contributed by atoms with Gasteiger partial charge in [0.25, 0.3) is 0 Å². The lowest BCUT2D eigenvalue weighted by atomic mass is 9.97. The molecule has 0 unspecified atom stereocenters. The molecule has 1 aromatic carbocycles. The fourth-order valence-electron chi connectivity index (χ4n) is 3.83. The van der Waals surface area contributed by atoms with E-state index in [1.54, 1.807) is 25.2 Å². The molecule has 1 amide bonds. The van der Waals surface area contributed by atoms with Crippen LogP contribution in [0.25, 0.3) is 11.3 Å². The van der Waals surface area contributed by atoms with Crippen LogP contribution < -0.4 is 5.32 Å². The number of aromatic nitrogens is 2. The number of anilines is 1. The van der Waals surface area contributed by atoms with Crippen LogP contribution in [0.3, 0.4) is 0 Å². The minimum Gasteiger partial charge on any atom is -0.360 e. The van der Waals surface area contributed by atoms with Crippen molar-refractivity contribution in [1.82, 2.24) is 14.4 Å². The van der Waals surface area contributed by atoms with Gasteiger partial charge in [-0.25, -0.2) is 13.4 Å². The summed E-state index contributed by atoms with van der Waals surface area (Å²) in [6.45, 7) is 5.72. The van der Waals surface area contributed by atoms with E-state index >= 15 is 0 Å². The summed E-state index contributed by atoms with van der Waals surface area (Å²) < 4.78 is 32.3. The van der Waals surface area contributed by atoms with Crippen LogP contribution in [0.4, 0.5) is 5.69 Å².